The molecule has 2 amide bonds. The summed E-state index contributed by atoms with van der Waals surface area (Å²) < 4.78 is 0.966. The van der Waals surface area contributed by atoms with Gasteiger partial charge in [0.15, 0.2) is 0 Å². The van der Waals surface area contributed by atoms with E-state index >= 15 is 0 Å². The zero-order valence-corrected chi connectivity index (χ0v) is 13.6. The lowest BCUT2D eigenvalue weighted by atomic mass is 10.2. The Labute approximate surface area is 137 Å². The standard InChI is InChI=1S/C17H15BrN2O2/c1-11-3-2-4-14(9-11)20-16(21)10-15(17(20)22)19-13-7-5-12(18)6-8-13/h2-9,15,19H,10H2,1H3. The molecule has 22 heavy (non-hydrogen) atoms. The highest BCUT2D eigenvalue weighted by Crippen LogP contribution is 2.26. The number of carbonyl (C=O) groups excluding carboxylic acids is 2. The van der Waals surface area contributed by atoms with Crippen molar-refractivity contribution in [2.45, 2.75) is 19.4 Å². The normalized spacial score (nSPS) is 17.9. The Morgan fingerprint density at radius 1 is 1.14 bits per heavy atom. The van der Waals surface area contributed by atoms with E-state index in [0.29, 0.717) is 5.69 Å². The van der Waals surface area contributed by atoms with Crippen molar-refractivity contribution in [3.05, 3.63) is 58.6 Å². The van der Waals surface area contributed by atoms with Gasteiger partial charge in [0.25, 0.3) is 5.91 Å². The number of hydrogen-bond acceptors (Lipinski definition) is 3. The largest absolute Gasteiger partial charge is 0.373 e. The van der Waals surface area contributed by atoms with Crippen LogP contribution >= 0.6 is 15.9 Å². The quantitative estimate of drug-likeness (QED) is 0.854. The third-order valence-electron chi connectivity index (χ3n) is 3.59. The van der Waals surface area contributed by atoms with E-state index in [4.69, 9.17) is 0 Å². The predicted octanol–water partition coefficient (Wildman–Crippen LogP) is 3.50. The van der Waals surface area contributed by atoms with Crippen molar-refractivity contribution in [2.24, 2.45) is 0 Å². The van der Waals surface area contributed by atoms with Gasteiger partial charge in [0.1, 0.15) is 6.04 Å². The molecule has 1 aliphatic rings. The number of imide groups is 1. The summed E-state index contributed by atoms with van der Waals surface area (Å²) in [5, 5.41) is 3.13. The van der Waals surface area contributed by atoms with Gasteiger partial charge in [0, 0.05) is 10.2 Å². The second kappa shape index (κ2) is 5.93. The smallest absolute Gasteiger partial charge is 0.256 e. The van der Waals surface area contributed by atoms with Crippen LogP contribution in [0.2, 0.25) is 0 Å². The molecule has 1 aliphatic heterocycles. The molecule has 0 aliphatic carbocycles. The maximum absolute atomic E-state index is 12.5. The minimum Gasteiger partial charge on any atom is -0.373 e. The number of amides is 2. The van der Waals surface area contributed by atoms with Crippen molar-refractivity contribution in [3.63, 3.8) is 0 Å². The molecule has 2 aromatic carbocycles. The van der Waals surface area contributed by atoms with Gasteiger partial charge in [-0.15, -0.1) is 0 Å². The molecule has 0 saturated carbocycles. The molecule has 0 bridgehead atoms. The molecule has 1 saturated heterocycles. The van der Waals surface area contributed by atoms with Gasteiger partial charge in [-0.05, 0) is 48.9 Å². The third-order valence-corrected chi connectivity index (χ3v) is 4.12. The summed E-state index contributed by atoms with van der Waals surface area (Å²) in [5.74, 6) is -0.385. The van der Waals surface area contributed by atoms with Gasteiger partial charge < -0.3 is 5.32 Å². The molecule has 2 aromatic rings. The van der Waals surface area contributed by atoms with Crippen molar-refractivity contribution in [1.82, 2.24) is 0 Å². The van der Waals surface area contributed by atoms with Crippen LogP contribution in [-0.2, 0) is 9.59 Å². The van der Waals surface area contributed by atoms with E-state index < -0.39 is 6.04 Å². The zero-order valence-electron chi connectivity index (χ0n) is 12.0. The van der Waals surface area contributed by atoms with E-state index in [1.807, 2.05) is 49.4 Å². The van der Waals surface area contributed by atoms with Crippen LogP contribution < -0.4 is 10.2 Å². The first-order chi connectivity index (χ1) is 10.5. The van der Waals surface area contributed by atoms with Crippen molar-refractivity contribution >= 4 is 39.1 Å². The van der Waals surface area contributed by atoms with E-state index in [0.717, 1.165) is 15.7 Å². The molecule has 3 rings (SSSR count). The maximum Gasteiger partial charge on any atom is 0.256 e. The van der Waals surface area contributed by atoms with E-state index in [-0.39, 0.29) is 18.2 Å². The molecule has 1 N–H and O–H groups in total. The van der Waals surface area contributed by atoms with E-state index in [9.17, 15) is 9.59 Å². The summed E-state index contributed by atoms with van der Waals surface area (Å²) in [5.41, 5.74) is 2.47. The Hall–Kier alpha value is -2.14. The summed E-state index contributed by atoms with van der Waals surface area (Å²) in [4.78, 5) is 26.0. The van der Waals surface area contributed by atoms with Crippen LogP contribution in [0.3, 0.4) is 0 Å². The Bertz CT molecular complexity index is 728. The summed E-state index contributed by atoms with van der Waals surface area (Å²) in [6.45, 7) is 1.94. The summed E-state index contributed by atoms with van der Waals surface area (Å²) in [7, 11) is 0. The number of halogens is 1. The molecule has 1 atom stereocenters. The topological polar surface area (TPSA) is 49.4 Å². The Balaban J connectivity index is 1.81. The number of nitrogens with zero attached hydrogens (tertiary/aromatic N) is 1. The number of nitrogens with one attached hydrogen (secondary N) is 1. The highest BCUT2D eigenvalue weighted by atomic mass is 79.9. The number of aryl methyl sites for hydroxylation is 1. The second-order valence-corrected chi connectivity index (χ2v) is 6.23. The molecule has 112 valence electrons. The molecule has 1 unspecified atom stereocenters. The number of carbonyl (C=O) groups is 2. The molecule has 0 radical (unpaired) electrons. The molecule has 5 heteroatoms. The summed E-state index contributed by atoms with van der Waals surface area (Å²) in [6.07, 6.45) is 0.169. The SMILES string of the molecule is Cc1cccc(N2C(=O)CC(Nc3ccc(Br)cc3)C2=O)c1. The fourth-order valence-electron chi connectivity index (χ4n) is 2.53. The molecule has 4 nitrogen and oxygen atoms in total. The number of rotatable bonds is 3. The fraction of sp³-hybridized carbons (Fsp3) is 0.176. The average molecular weight is 359 g/mol. The van der Waals surface area contributed by atoms with Crippen LogP contribution in [0, 0.1) is 6.92 Å². The van der Waals surface area contributed by atoms with Crippen LogP contribution in [0.1, 0.15) is 12.0 Å². The van der Waals surface area contributed by atoms with Gasteiger partial charge in [-0.1, -0.05) is 28.1 Å². The number of benzene rings is 2. The lowest BCUT2D eigenvalue weighted by molar-refractivity contribution is -0.121. The predicted molar refractivity (Wildman–Crippen MR) is 89.8 cm³/mol. The molecule has 1 fully saturated rings. The number of hydrogen-bond donors (Lipinski definition) is 1. The number of anilines is 2. The lowest BCUT2D eigenvalue weighted by Crippen LogP contribution is -2.34. The van der Waals surface area contributed by atoms with Gasteiger partial charge >= 0.3 is 0 Å². The highest BCUT2D eigenvalue weighted by molar-refractivity contribution is 9.10. The maximum atomic E-state index is 12.5. The van der Waals surface area contributed by atoms with Crippen molar-refractivity contribution < 1.29 is 9.59 Å². The fourth-order valence-corrected chi connectivity index (χ4v) is 2.79. The van der Waals surface area contributed by atoms with E-state index in [2.05, 4.69) is 21.2 Å². The van der Waals surface area contributed by atoms with Gasteiger partial charge in [0.2, 0.25) is 5.91 Å². The third kappa shape index (κ3) is 2.90. The Morgan fingerprint density at radius 2 is 1.86 bits per heavy atom. The van der Waals surface area contributed by atoms with Crippen molar-refractivity contribution in [1.29, 1.82) is 0 Å². The molecular weight excluding hydrogens is 344 g/mol. The first-order valence-corrected chi connectivity index (χ1v) is 7.79. The minimum absolute atomic E-state index is 0.169. The molecule has 0 aromatic heterocycles. The first kappa shape index (κ1) is 14.8. The van der Waals surface area contributed by atoms with Crippen LogP contribution in [0.5, 0.6) is 0 Å². The van der Waals surface area contributed by atoms with E-state index in [1.165, 1.54) is 4.90 Å². The zero-order chi connectivity index (χ0) is 15.7. The van der Waals surface area contributed by atoms with Crippen LogP contribution in [0.25, 0.3) is 0 Å². The van der Waals surface area contributed by atoms with E-state index in [1.54, 1.807) is 6.07 Å². The Kier molecular flexibility index (Phi) is 3.98. The van der Waals surface area contributed by atoms with Gasteiger partial charge in [-0.25, -0.2) is 4.90 Å². The van der Waals surface area contributed by atoms with Crippen LogP contribution in [0.4, 0.5) is 11.4 Å². The van der Waals surface area contributed by atoms with Gasteiger partial charge in [-0.3, -0.25) is 9.59 Å². The summed E-state index contributed by atoms with van der Waals surface area (Å²) >= 11 is 3.37. The summed E-state index contributed by atoms with van der Waals surface area (Å²) in [6, 6.07) is 14.4. The molecule has 0 spiro atoms. The van der Waals surface area contributed by atoms with Crippen LogP contribution in [-0.4, -0.2) is 17.9 Å². The van der Waals surface area contributed by atoms with Gasteiger partial charge in [0.05, 0.1) is 12.1 Å². The average Bonchev–Trinajstić information content (AvgIpc) is 2.76. The van der Waals surface area contributed by atoms with Crippen molar-refractivity contribution in [3.8, 4) is 0 Å². The second-order valence-electron chi connectivity index (χ2n) is 5.31. The van der Waals surface area contributed by atoms with Gasteiger partial charge in [-0.2, -0.15) is 0 Å². The molecule has 1 heterocycles. The first-order valence-electron chi connectivity index (χ1n) is 7.00. The highest BCUT2D eigenvalue weighted by Gasteiger charge is 2.39. The Morgan fingerprint density at radius 3 is 2.55 bits per heavy atom. The van der Waals surface area contributed by atoms with Crippen LogP contribution in [0.15, 0.2) is 53.0 Å². The minimum atomic E-state index is -0.519. The van der Waals surface area contributed by atoms with Crippen molar-refractivity contribution in [2.75, 3.05) is 10.2 Å². The molecular formula is C17H15BrN2O2. The lowest BCUT2D eigenvalue weighted by Gasteiger charge is -2.16. The monoisotopic (exact) mass is 358 g/mol.